The Labute approximate surface area is 127 Å². The first-order valence-electron chi connectivity index (χ1n) is 7.20. The topological polar surface area (TPSA) is 70.9 Å². The number of rotatable bonds is 4. The molecule has 0 aliphatic rings. The Morgan fingerprint density at radius 3 is 2.36 bits per heavy atom. The van der Waals surface area contributed by atoms with E-state index in [1.54, 1.807) is 4.57 Å². The number of nitrogens with one attached hydrogen (secondary N) is 1. The van der Waals surface area contributed by atoms with E-state index in [1.165, 1.54) is 0 Å². The van der Waals surface area contributed by atoms with Crippen molar-refractivity contribution in [1.82, 2.24) is 14.8 Å². The Morgan fingerprint density at radius 2 is 1.73 bits per heavy atom. The first kappa shape index (κ1) is 14.3. The predicted octanol–water partition coefficient (Wildman–Crippen LogP) is 2.20. The van der Waals surface area contributed by atoms with E-state index in [4.69, 9.17) is 0 Å². The van der Waals surface area contributed by atoms with Gasteiger partial charge in [0.1, 0.15) is 11.9 Å². The number of hydrogen-bond donors (Lipinski definition) is 2. The zero-order valence-corrected chi connectivity index (χ0v) is 12.2. The number of hydrogen-bond acceptors (Lipinski definition) is 3. The Hall–Kier alpha value is -2.66. The molecule has 2 aromatic carbocycles. The highest BCUT2D eigenvalue weighted by atomic mass is 16.3. The summed E-state index contributed by atoms with van der Waals surface area (Å²) >= 11 is 0. The van der Waals surface area contributed by atoms with E-state index in [9.17, 15) is 9.90 Å². The molecule has 112 valence electrons. The lowest BCUT2D eigenvalue weighted by molar-refractivity contribution is 0.220. The number of benzene rings is 2. The van der Waals surface area contributed by atoms with Gasteiger partial charge in [-0.25, -0.2) is 14.5 Å². The zero-order chi connectivity index (χ0) is 15.5. The second-order valence-corrected chi connectivity index (χ2v) is 5.04. The molecular weight excluding hydrogens is 278 g/mol. The van der Waals surface area contributed by atoms with Gasteiger partial charge < -0.3 is 5.11 Å². The minimum Gasteiger partial charge on any atom is -0.384 e. The predicted molar refractivity (Wildman–Crippen MR) is 84.1 cm³/mol. The molecule has 22 heavy (non-hydrogen) atoms. The van der Waals surface area contributed by atoms with E-state index in [1.807, 2.05) is 61.5 Å². The average molecular weight is 295 g/mol. The number of aromatic amines is 1. The van der Waals surface area contributed by atoms with Crippen LogP contribution in [0.5, 0.6) is 0 Å². The molecule has 5 heteroatoms. The minimum absolute atomic E-state index is 0.256. The molecule has 0 saturated carbocycles. The van der Waals surface area contributed by atoms with E-state index in [0.717, 1.165) is 16.8 Å². The van der Waals surface area contributed by atoms with E-state index in [-0.39, 0.29) is 5.69 Å². The highest BCUT2D eigenvalue weighted by molar-refractivity contribution is 5.38. The van der Waals surface area contributed by atoms with Gasteiger partial charge in [-0.2, -0.15) is 5.10 Å². The lowest BCUT2D eigenvalue weighted by atomic mass is 10.0. The van der Waals surface area contributed by atoms with E-state index < -0.39 is 6.10 Å². The highest BCUT2D eigenvalue weighted by Crippen LogP contribution is 2.22. The van der Waals surface area contributed by atoms with Gasteiger partial charge in [0.25, 0.3) is 0 Å². The molecule has 2 N–H and O–H groups in total. The number of aryl methyl sites for hydroxylation is 1. The summed E-state index contributed by atoms with van der Waals surface area (Å²) in [7, 11) is 0. The van der Waals surface area contributed by atoms with Gasteiger partial charge in [0.05, 0.1) is 5.69 Å². The van der Waals surface area contributed by atoms with Gasteiger partial charge in [-0.15, -0.1) is 0 Å². The summed E-state index contributed by atoms with van der Waals surface area (Å²) in [5.74, 6) is 0.682. The van der Waals surface area contributed by atoms with Crippen LogP contribution in [0.1, 0.15) is 30.0 Å². The fourth-order valence-corrected chi connectivity index (χ4v) is 2.47. The monoisotopic (exact) mass is 295 g/mol. The van der Waals surface area contributed by atoms with Crippen LogP contribution in [0.15, 0.2) is 59.4 Å². The fraction of sp³-hybridized carbons (Fsp3) is 0.176. The summed E-state index contributed by atoms with van der Waals surface area (Å²) < 4.78 is 1.54. The third-order valence-electron chi connectivity index (χ3n) is 3.64. The quantitative estimate of drug-likeness (QED) is 0.775. The molecule has 1 unspecified atom stereocenters. The molecule has 0 saturated heterocycles. The van der Waals surface area contributed by atoms with Crippen molar-refractivity contribution in [3.05, 3.63) is 82.0 Å². The first-order chi connectivity index (χ1) is 10.7. The van der Waals surface area contributed by atoms with Gasteiger partial charge in [-0.3, -0.25) is 0 Å². The number of aliphatic hydroxyl groups is 1. The molecule has 0 radical (unpaired) electrons. The van der Waals surface area contributed by atoms with Crippen molar-refractivity contribution < 1.29 is 5.11 Å². The number of aromatic nitrogens is 3. The summed E-state index contributed by atoms with van der Waals surface area (Å²) in [6.07, 6.45) is -0.0189. The molecule has 0 spiro atoms. The normalized spacial score (nSPS) is 12.3. The molecule has 0 aliphatic carbocycles. The summed E-state index contributed by atoms with van der Waals surface area (Å²) in [5.41, 5.74) is 2.10. The Balaban J connectivity index is 1.93. The minimum atomic E-state index is -0.679. The van der Waals surface area contributed by atoms with Gasteiger partial charge in [0.2, 0.25) is 0 Å². The molecule has 1 aromatic heterocycles. The van der Waals surface area contributed by atoms with Crippen molar-refractivity contribution in [3.63, 3.8) is 0 Å². The zero-order valence-electron chi connectivity index (χ0n) is 12.2. The van der Waals surface area contributed by atoms with Crippen LogP contribution in [0.4, 0.5) is 0 Å². The van der Waals surface area contributed by atoms with Crippen molar-refractivity contribution in [2.75, 3.05) is 0 Å². The third kappa shape index (κ3) is 2.58. The van der Waals surface area contributed by atoms with Gasteiger partial charge >= 0.3 is 5.69 Å². The molecule has 0 aliphatic heterocycles. The van der Waals surface area contributed by atoms with Crippen molar-refractivity contribution >= 4 is 0 Å². The molecule has 3 aromatic rings. The van der Waals surface area contributed by atoms with Gasteiger partial charge in [0, 0.05) is 6.42 Å². The van der Waals surface area contributed by atoms with E-state index >= 15 is 0 Å². The Kier molecular flexibility index (Phi) is 3.89. The Bertz CT molecular complexity index is 804. The molecule has 0 bridgehead atoms. The van der Waals surface area contributed by atoms with Crippen molar-refractivity contribution in [2.45, 2.75) is 19.4 Å². The second-order valence-electron chi connectivity index (χ2n) is 5.04. The van der Waals surface area contributed by atoms with Gasteiger partial charge in [-0.1, -0.05) is 49.4 Å². The maximum absolute atomic E-state index is 11.8. The summed E-state index contributed by atoms with van der Waals surface area (Å²) in [5, 5.41) is 16.8. The standard InChI is InChI=1S/C17H17N3O2/c1-2-15-18-19-17(22)20(15)14-10-8-13(9-11-14)16(21)12-6-4-3-5-7-12/h3-11,16,21H,2H2,1H3,(H,19,22). The van der Waals surface area contributed by atoms with Crippen LogP contribution < -0.4 is 5.69 Å². The molecule has 0 amide bonds. The van der Waals surface area contributed by atoms with Gasteiger partial charge in [-0.05, 0) is 23.3 Å². The number of nitrogens with zero attached hydrogens (tertiary/aromatic N) is 2. The van der Waals surface area contributed by atoms with Gasteiger partial charge in [0.15, 0.2) is 0 Å². The summed E-state index contributed by atoms with van der Waals surface area (Å²) in [6, 6.07) is 16.8. The molecule has 5 nitrogen and oxygen atoms in total. The summed E-state index contributed by atoms with van der Waals surface area (Å²) in [4.78, 5) is 11.8. The van der Waals surface area contributed by atoms with Crippen molar-refractivity contribution in [2.24, 2.45) is 0 Å². The van der Waals surface area contributed by atoms with Crippen molar-refractivity contribution in [3.8, 4) is 5.69 Å². The molecule has 1 heterocycles. The van der Waals surface area contributed by atoms with Crippen LogP contribution >= 0.6 is 0 Å². The van der Waals surface area contributed by atoms with Crippen LogP contribution in [-0.4, -0.2) is 19.9 Å². The molecule has 3 rings (SSSR count). The molecule has 0 fully saturated rings. The molecular formula is C17H17N3O2. The SMILES string of the molecule is CCc1n[nH]c(=O)n1-c1ccc(C(O)c2ccccc2)cc1. The maximum atomic E-state index is 11.8. The number of H-pyrrole nitrogens is 1. The Morgan fingerprint density at radius 1 is 1.09 bits per heavy atom. The van der Waals surface area contributed by atoms with Crippen LogP contribution in [0.3, 0.4) is 0 Å². The lowest BCUT2D eigenvalue weighted by Crippen LogP contribution is -2.16. The van der Waals surface area contributed by atoms with Crippen LogP contribution in [0.2, 0.25) is 0 Å². The third-order valence-corrected chi connectivity index (χ3v) is 3.64. The lowest BCUT2D eigenvalue weighted by Gasteiger charge is -2.12. The van der Waals surface area contributed by atoms with Crippen LogP contribution in [0.25, 0.3) is 5.69 Å². The van der Waals surface area contributed by atoms with Crippen LogP contribution in [-0.2, 0) is 6.42 Å². The fourth-order valence-electron chi connectivity index (χ4n) is 2.47. The molecule has 1 atom stereocenters. The highest BCUT2D eigenvalue weighted by Gasteiger charge is 2.12. The maximum Gasteiger partial charge on any atom is 0.347 e. The van der Waals surface area contributed by atoms with E-state index in [2.05, 4.69) is 10.2 Å². The first-order valence-corrected chi connectivity index (χ1v) is 7.20. The largest absolute Gasteiger partial charge is 0.384 e. The summed E-state index contributed by atoms with van der Waals surface area (Å²) in [6.45, 7) is 1.94. The average Bonchev–Trinajstić information content (AvgIpc) is 2.96. The number of aliphatic hydroxyl groups excluding tert-OH is 1. The second kappa shape index (κ2) is 5.99. The van der Waals surface area contributed by atoms with E-state index in [0.29, 0.717) is 12.2 Å². The smallest absolute Gasteiger partial charge is 0.347 e. The van der Waals surface area contributed by atoms with Crippen molar-refractivity contribution in [1.29, 1.82) is 0 Å². The van der Waals surface area contributed by atoms with Crippen LogP contribution in [0, 0.1) is 0 Å².